The van der Waals surface area contributed by atoms with Gasteiger partial charge < -0.3 is 0 Å². The molecular weight excluding hydrogens is 175 g/mol. The van der Waals surface area contributed by atoms with Crippen molar-refractivity contribution in [2.24, 2.45) is 0 Å². The standard InChI is InChI=1S/CH3Br.CH2Cl2/c1-2;2-1-3/h1H3;1H2. The van der Waals surface area contributed by atoms with E-state index in [2.05, 4.69) is 15.9 Å². The van der Waals surface area contributed by atoms with E-state index in [0.717, 1.165) is 0 Å². The maximum atomic E-state index is 4.76. The van der Waals surface area contributed by atoms with Crippen LogP contribution in [0.2, 0.25) is 0 Å². The van der Waals surface area contributed by atoms with Crippen LogP contribution in [-0.2, 0) is 0 Å². The van der Waals surface area contributed by atoms with Crippen LogP contribution in [0.1, 0.15) is 0 Å². The van der Waals surface area contributed by atoms with Gasteiger partial charge in [-0.3, -0.25) is 0 Å². The van der Waals surface area contributed by atoms with Gasteiger partial charge in [-0.1, -0.05) is 15.9 Å². The van der Waals surface area contributed by atoms with Gasteiger partial charge in [-0.2, -0.15) is 0 Å². The second kappa shape index (κ2) is 19.7. The Morgan fingerprint density at radius 3 is 1.40 bits per heavy atom. The summed E-state index contributed by atoms with van der Waals surface area (Å²) in [6.07, 6.45) is 0. The fraction of sp³-hybridized carbons (Fsp3) is 1.00. The van der Waals surface area contributed by atoms with Crippen molar-refractivity contribution in [2.45, 2.75) is 0 Å². The zero-order chi connectivity index (χ0) is 4.71. The van der Waals surface area contributed by atoms with E-state index in [-0.39, 0.29) is 5.34 Å². The topological polar surface area (TPSA) is 0 Å². The average molecular weight is 180 g/mol. The zero-order valence-corrected chi connectivity index (χ0v) is 5.94. The van der Waals surface area contributed by atoms with Crippen LogP contribution in [0, 0.1) is 0 Å². The first-order chi connectivity index (χ1) is 2.41. The number of alkyl halides is 3. The highest BCUT2D eigenvalue weighted by Crippen LogP contribution is 1.73. The normalized spacial score (nSPS) is 4.80. The Bertz CT molecular complexity index is 7.61. The summed E-state index contributed by atoms with van der Waals surface area (Å²) in [5.74, 6) is 1.81. The van der Waals surface area contributed by atoms with E-state index < -0.39 is 0 Å². The molecule has 0 bridgehead atoms. The fourth-order valence-electron chi connectivity index (χ4n) is 0. The molecule has 0 nitrogen and oxygen atoms in total. The Labute approximate surface area is 50.6 Å². The molecule has 0 aromatic rings. The lowest BCUT2D eigenvalue weighted by atomic mass is 11.9. The van der Waals surface area contributed by atoms with Crippen molar-refractivity contribution in [3.05, 3.63) is 0 Å². The van der Waals surface area contributed by atoms with E-state index in [1.54, 1.807) is 0 Å². The third-order valence-corrected chi connectivity index (χ3v) is 0. The monoisotopic (exact) mass is 178 g/mol. The lowest BCUT2D eigenvalue weighted by Gasteiger charge is -1.42. The zero-order valence-electron chi connectivity index (χ0n) is 2.84. The minimum absolute atomic E-state index is 0.194. The smallest absolute Gasteiger partial charge is 0.0967 e. The first-order valence-corrected chi connectivity index (χ1v) is 3.57. The van der Waals surface area contributed by atoms with Gasteiger partial charge in [-0.15, -0.1) is 23.2 Å². The summed E-state index contributed by atoms with van der Waals surface area (Å²) in [5, 5.41) is 0.194. The van der Waals surface area contributed by atoms with Crippen molar-refractivity contribution in [2.75, 3.05) is 11.2 Å². The van der Waals surface area contributed by atoms with E-state index in [0.29, 0.717) is 0 Å². The summed E-state index contributed by atoms with van der Waals surface area (Å²) < 4.78 is 0. The lowest BCUT2D eigenvalue weighted by molar-refractivity contribution is 2.20. The van der Waals surface area contributed by atoms with Gasteiger partial charge in [0, 0.05) is 0 Å². The summed E-state index contributed by atoms with van der Waals surface area (Å²) in [6, 6.07) is 0. The van der Waals surface area contributed by atoms with E-state index in [4.69, 9.17) is 23.2 Å². The largest absolute Gasteiger partial charge is 0.109 e. The van der Waals surface area contributed by atoms with Crippen molar-refractivity contribution >= 4 is 39.1 Å². The van der Waals surface area contributed by atoms with Gasteiger partial charge in [0.25, 0.3) is 0 Å². The molecule has 5 heavy (non-hydrogen) atoms. The highest BCUT2D eigenvalue weighted by molar-refractivity contribution is 9.08. The van der Waals surface area contributed by atoms with Crippen molar-refractivity contribution in [3.8, 4) is 0 Å². The van der Waals surface area contributed by atoms with Gasteiger partial charge in [-0.05, 0) is 5.83 Å². The summed E-state index contributed by atoms with van der Waals surface area (Å²) in [7, 11) is 0. The molecule has 0 aromatic carbocycles. The number of rotatable bonds is 0. The molecule has 0 rings (SSSR count). The maximum absolute atomic E-state index is 4.76. The van der Waals surface area contributed by atoms with Crippen LogP contribution in [0.5, 0.6) is 0 Å². The van der Waals surface area contributed by atoms with Gasteiger partial charge >= 0.3 is 0 Å². The first-order valence-electron chi connectivity index (χ1n) is 0.912. The van der Waals surface area contributed by atoms with Crippen molar-refractivity contribution in [3.63, 3.8) is 0 Å². The molecule has 0 aliphatic rings. The minimum atomic E-state index is 0.194. The Hall–Kier alpha value is 1.06. The lowest BCUT2D eigenvalue weighted by Crippen LogP contribution is -1.24. The van der Waals surface area contributed by atoms with Crippen LogP contribution in [-0.4, -0.2) is 11.2 Å². The SMILES string of the molecule is CBr.ClCCl. The second-order valence-electron chi connectivity index (χ2n) is 0.101. The molecule has 0 radical (unpaired) electrons. The second-order valence-corrected chi connectivity index (χ2v) is 0.909. The Morgan fingerprint density at radius 1 is 1.40 bits per heavy atom. The molecule has 0 saturated carbocycles. The summed E-state index contributed by atoms with van der Waals surface area (Å²) >= 11 is 12.5. The molecule has 0 aromatic heterocycles. The first kappa shape index (κ1) is 9.41. The summed E-state index contributed by atoms with van der Waals surface area (Å²) in [4.78, 5) is 0. The van der Waals surface area contributed by atoms with Crippen LogP contribution in [0.15, 0.2) is 0 Å². The van der Waals surface area contributed by atoms with Crippen molar-refractivity contribution in [1.29, 1.82) is 0 Å². The molecule has 0 saturated heterocycles. The van der Waals surface area contributed by atoms with E-state index in [9.17, 15) is 0 Å². The Morgan fingerprint density at radius 2 is 1.40 bits per heavy atom. The average Bonchev–Trinajstić information content (AvgIpc) is 1.46. The highest BCUT2D eigenvalue weighted by atomic mass is 79.9. The number of hydrogen-bond donors (Lipinski definition) is 0. The Balaban J connectivity index is 0. The quantitative estimate of drug-likeness (QED) is 0.502. The molecule has 34 valence electrons. The van der Waals surface area contributed by atoms with E-state index in [1.807, 2.05) is 5.83 Å². The minimum Gasteiger partial charge on any atom is -0.109 e. The van der Waals surface area contributed by atoms with E-state index in [1.165, 1.54) is 0 Å². The van der Waals surface area contributed by atoms with Gasteiger partial charge in [0.15, 0.2) is 0 Å². The van der Waals surface area contributed by atoms with Crippen LogP contribution in [0.25, 0.3) is 0 Å². The maximum Gasteiger partial charge on any atom is 0.0967 e. The molecule has 0 aliphatic heterocycles. The summed E-state index contributed by atoms with van der Waals surface area (Å²) in [5.41, 5.74) is 0. The molecule has 0 aliphatic carbocycles. The number of halogens is 3. The molecule has 0 N–H and O–H groups in total. The molecule has 0 heterocycles. The van der Waals surface area contributed by atoms with Gasteiger partial charge in [0.1, 0.15) is 0 Å². The van der Waals surface area contributed by atoms with Gasteiger partial charge in [-0.25, -0.2) is 0 Å². The van der Waals surface area contributed by atoms with Crippen molar-refractivity contribution in [1.82, 2.24) is 0 Å². The predicted octanol–water partition coefficient (Wildman–Crippen LogP) is 2.43. The third kappa shape index (κ3) is 42.2. The van der Waals surface area contributed by atoms with Crippen LogP contribution >= 0.6 is 39.1 Å². The molecule has 0 spiro atoms. The third-order valence-electron chi connectivity index (χ3n) is 0. The van der Waals surface area contributed by atoms with Gasteiger partial charge in [0.05, 0.1) is 5.34 Å². The molecule has 0 atom stereocenters. The highest BCUT2D eigenvalue weighted by Gasteiger charge is 1.41. The van der Waals surface area contributed by atoms with Crippen LogP contribution in [0.4, 0.5) is 0 Å². The predicted molar refractivity (Wildman–Crippen MR) is 31.4 cm³/mol. The molecular formula is C2H5BrCl2. The fourth-order valence-corrected chi connectivity index (χ4v) is 0. The molecule has 0 amide bonds. The van der Waals surface area contributed by atoms with Gasteiger partial charge in [0.2, 0.25) is 0 Å². The Kier molecular flexibility index (Phi) is 37.0. The van der Waals surface area contributed by atoms with Crippen LogP contribution < -0.4 is 0 Å². The molecule has 3 heteroatoms. The van der Waals surface area contributed by atoms with E-state index >= 15 is 0 Å². The van der Waals surface area contributed by atoms with Crippen LogP contribution in [0.3, 0.4) is 0 Å². The molecule has 0 fully saturated rings. The molecule has 0 unspecified atom stereocenters. The summed E-state index contributed by atoms with van der Waals surface area (Å²) in [6.45, 7) is 0. The van der Waals surface area contributed by atoms with Crippen molar-refractivity contribution < 1.29 is 0 Å². The number of hydrogen-bond acceptors (Lipinski definition) is 0.